The van der Waals surface area contributed by atoms with Gasteiger partial charge in [0.2, 0.25) is 17.7 Å². The van der Waals surface area contributed by atoms with E-state index in [9.17, 15) is 19.2 Å². The molecule has 0 aliphatic heterocycles. The Hall–Kier alpha value is -3.88. The van der Waals surface area contributed by atoms with Crippen molar-refractivity contribution in [1.82, 2.24) is 15.5 Å². The molecule has 0 radical (unpaired) electrons. The molecule has 0 aromatic heterocycles. The molecule has 0 bridgehead atoms. The van der Waals surface area contributed by atoms with Crippen LogP contribution in [0.15, 0.2) is 60.7 Å². The van der Waals surface area contributed by atoms with Crippen LogP contribution in [0.5, 0.6) is 0 Å². The van der Waals surface area contributed by atoms with E-state index < -0.39 is 35.6 Å². The van der Waals surface area contributed by atoms with E-state index in [-0.39, 0.29) is 25.3 Å². The second-order valence-corrected chi connectivity index (χ2v) is 9.75. The summed E-state index contributed by atoms with van der Waals surface area (Å²) in [6, 6.07) is 16.4. The highest BCUT2D eigenvalue weighted by molar-refractivity contribution is 5.92. The maximum atomic E-state index is 13.9. The van der Waals surface area contributed by atoms with Gasteiger partial charge >= 0.3 is 6.09 Å². The molecule has 0 heterocycles. The van der Waals surface area contributed by atoms with Crippen molar-refractivity contribution in [2.45, 2.75) is 71.2 Å². The van der Waals surface area contributed by atoms with Gasteiger partial charge in [-0.05, 0) is 44.7 Å². The molecule has 0 fully saturated rings. The fourth-order valence-corrected chi connectivity index (χ4v) is 3.79. The number of amides is 4. The zero-order valence-corrected chi connectivity index (χ0v) is 22.0. The van der Waals surface area contributed by atoms with Crippen molar-refractivity contribution in [3.05, 3.63) is 71.8 Å². The second kappa shape index (κ2) is 14.0. The third-order valence-electron chi connectivity index (χ3n) is 5.40. The van der Waals surface area contributed by atoms with Gasteiger partial charge in [0.15, 0.2) is 0 Å². The molecule has 9 heteroatoms. The quantitative estimate of drug-likeness (QED) is 0.403. The summed E-state index contributed by atoms with van der Waals surface area (Å²) >= 11 is 0. The van der Waals surface area contributed by atoms with E-state index in [0.717, 1.165) is 5.56 Å². The van der Waals surface area contributed by atoms with Crippen molar-refractivity contribution in [3.8, 4) is 0 Å². The number of benzene rings is 2. The lowest BCUT2D eigenvalue weighted by Gasteiger charge is -2.34. The van der Waals surface area contributed by atoms with E-state index in [1.165, 1.54) is 4.90 Å². The molecular formula is C28H38N4O5. The Bertz CT molecular complexity index is 1040. The summed E-state index contributed by atoms with van der Waals surface area (Å²) in [5, 5.41) is 5.51. The summed E-state index contributed by atoms with van der Waals surface area (Å²) in [5.74, 6) is -1.47. The second-order valence-electron chi connectivity index (χ2n) is 9.75. The highest BCUT2D eigenvalue weighted by atomic mass is 16.6. The number of carbonyl (C=O) groups is 4. The Morgan fingerprint density at radius 3 is 2.11 bits per heavy atom. The molecule has 0 saturated carbocycles. The fourth-order valence-electron chi connectivity index (χ4n) is 3.79. The monoisotopic (exact) mass is 510 g/mol. The minimum absolute atomic E-state index is 0.0270. The first-order valence-corrected chi connectivity index (χ1v) is 12.5. The molecular weight excluding hydrogens is 472 g/mol. The Morgan fingerprint density at radius 2 is 1.57 bits per heavy atom. The molecule has 2 atom stereocenters. The Labute approximate surface area is 218 Å². The summed E-state index contributed by atoms with van der Waals surface area (Å²) in [4.78, 5) is 52.9. The van der Waals surface area contributed by atoms with E-state index in [1.807, 2.05) is 43.3 Å². The number of alkyl carbamates (subject to hydrolysis) is 1. The number of nitrogens with two attached hydrogens (primary N) is 1. The van der Waals surface area contributed by atoms with Gasteiger partial charge in [0.05, 0.1) is 0 Å². The van der Waals surface area contributed by atoms with Crippen LogP contribution in [0, 0.1) is 0 Å². The van der Waals surface area contributed by atoms with E-state index in [1.54, 1.807) is 45.0 Å². The van der Waals surface area contributed by atoms with Crippen LogP contribution in [-0.2, 0) is 25.7 Å². The van der Waals surface area contributed by atoms with Gasteiger partial charge in [0.1, 0.15) is 17.7 Å². The first kappa shape index (κ1) is 29.4. The zero-order valence-electron chi connectivity index (χ0n) is 22.0. The molecule has 4 N–H and O–H groups in total. The average molecular weight is 511 g/mol. The lowest BCUT2D eigenvalue weighted by Crippen LogP contribution is -2.53. The minimum Gasteiger partial charge on any atom is -0.444 e. The summed E-state index contributed by atoms with van der Waals surface area (Å²) in [7, 11) is 0. The molecule has 0 aliphatic rings. The topological polar surface area (TPSA) is 131 Å². The molecule has 200 valence electrons. The van der Waals surface area contributed by atoms with Crippen LogP contribution in [0.2, 0.25) is 0 Å². The summed E-state index contributed by atoms with van der Waals surface area (Å²) < 4.78 is 5.33. The number of rotatable bonds is 12. The van der Waals surface area contributed by atoms with Crippen molar-refractivity contribution in [2.24, 2.45) is 5.73 Å². The third-order valence-corrected chi connectivity index (χ3v) is 5.40. The standard InChI is InChI=1S/C28H38N4O5/c1-5-18-32(26(35)22(16-17-23(29)33)31-27(36)37-28(2,3)4)24(21-14-10-7-11-15-21)25(34)30-19-20-12-8-6-9-13-20/h6-15,22,24H,5,16-19H2,1-4H3,(H2,29,33)(H,30,34)(H,31,36). The van der Waals surface area contributed by atoms with Crippen LogP contribution in [0.1, 0.15) is 64.1 Å². The number of nitrogens with zero attached hydrogens (tertiary/aromatic N) is 1. The van der Waals surface area contributed by atoms with Crippen molar-refractivity contribution in [2.75, 3.05) is 6.54 Å². The Kier molecular flexibility index (Phi) is 11.1. The molecule has 0 aliphatic carbocycles. The molecule has 2 unspecified atom stereocenters. The van der Waals surface area contributed by atoms with Gasteiger partial charge in [-0.3, -0.25) is 14.4 Å². The average Bonchev–Trinajstić information content (AvgIpc) is 2.84. The molecule has 9 nitrogen and oxygen atoms in total. The lowest BCUT2D eigenvalue weighted by atomic mass is 10.0. The molecule has 2 aromatic rings. The number of hydrogen-bond donors (Lipinski definition) is 3. The van der Waals surface area contributed by atoms with Crippen molar-refractivity contribution >= 4 is 23.8 Å². The van der Waals surface area contributed by atoms with Crippen LogP contribution in [0.4, 0.5) is 4.79 Å². The van der Waals surface area contributed by atoms with Crippen LogP contribution in [0.3, 0.4) is 0 Å². The largest absolute Gasteiger partial charge is 0.444 e. The smallest absolute Gasteiger partial charge is 0.408 e. The highest BCUT2D eigenvalue weighted by Gasteiger charge is 2.35. The molecule has 0 spiro atoms. The Balaban J connectivity index is 2.38. The maximum absolute atomic E-state index is 13.9. The van der Waals surface area contributed by atoms with Crippen LogP contribution >= 0.6 is 0 Å². The number of nitrogens with one attached hydrogen (secondary N) is 2. The molecule has 2 rings (SSSR count). The Morgan fingerprint density at radius 1 is 0.973 bits per heavy atom. The highest BCUT2D eigenvalue weighted by Crippen LogP contribution is 2.24. The first-order valence-electron chi connectivity index (χ1n) is 12.5. The van der Waals surface area contributed by atoms with Crippen LogP contribution < -0.4 is 16.4 Å². The predicted octanol–water partition coefficient (Wildman–Crippen LogP) is 3.44. The molecule has 0 saturated heterocycles. The van der Waals surface area contributed by atoms with Crippen molar-refractivity contribution in [1.29, 1.82) is 0 Å². The molecule has 4 amide bonds. The van der Waals surface area contributed by atoms with Gasteiger partial charge in [-0.2, -0.15) is 0 Å². The van der Waals surface area contributed by atoms with Gasteiger partial charge in [0.25, 0.3) is 0 Å². The van der Waals surface area contributed by atoms with Gasteiger partial charge in [0, 0.05) is 19.5 Å². The first-order chi connectivity index (χ1) is 17.5. The number of carbonyl (C=O) groups excluding carboxylic acids is 4. The van der Waals surface area contributed by atoms with Gasteiger partial charge in [-0.1, -0.05) is 67.6 Å². The SMILES string of the molecule is CCCN(C(=O)C(CCC(N)=O)NC(=O)OC(C)(C)C)C(C(=O)NCc1ccccc1)c1ccccc1. The van der Waals surface area contributed by atoms with Gasteiger partial charge in [-0.25, -0.2) is 4.79 Å². The summed E-state index contributed by atoms with van der Waals surface area (Å²) in [6.45, 7) is 7.55. The van der Waals surface area contributed by atoms with E-state index >= 15 is 0 Å². The van der Waals surface area contributed by atoms with Gasteiger partial charge in [-0.15, -0.1) is 0 Å². The predicted molar refractivity (Wildman–Crippen MR) is 141 cm³/mol. The van der Waals surface area contributed by atoms with Crippen LogP contribution in [0.25, 0.3) is 0 Å². The maximum Gasteiger partial charge on any atom is 0.408 e. The van der Waals surface area contributed by atoms with E-state index in [2.05, 4.69) is 10.6 Å². The normalized spacial score (nSPS) is 12.6. The molecule has 2 aromatic carbocycles. The lowest BCUT2D eigenvalue weighted by molar-refractivity contribution is -0.142. The summed E-state index contributed by atoms with van der Waals surface area (Å²) in [6.07, 6.45) is -0.379. The van der Waals surface area contributed by atoms with Gasteiger partial charge < -0.3 is 26.0 Å². The van der Waals surface area contributed by atoms with Crippen molar-refractivity contribution < 1.29 is 23.9 Å². The zero-order chi connectivity index (χ0) is 27.4. The van der Waals surface area contributed by atoms with Crippen molar-refractivity contribution in [3.63, 3.8) is 0 Å². The minimum atomic E-state index is -1.11. The number of hydrogen-bond acceptors (Lipinski definition) is 5. The summed E-state index contributed by atoms with van der Waals surface area (Å²) in [5.41, 5.74) is 6.09. The van der Waals surface area contributed by atoms with E-state index in [0.29, 0.717) is 18.5 Å². The number of primary amides is 1. The number of ether oxygens (including phenoxy) is 1. The van der Waals surface area contributed by atoms with Crippen LogP contribution in [-0.4, -0.2) is 46.9 Å². The van der Waals surface area contributed by atoms with E-state index in [4.69, 9.17) is 10.5 Å². The third kappa shape index (κ3) is 9.95. The fraction of sp³-hybridized carbons (Fsp3) is 0.429. The molecule has 37 heavy (non-hydrogen) atoms.